The molecule has 1 unspecified atom stereocenters. The first-order chi connectivity index (χ1) is 22.2. The number of hydrogen-bond donors (Lipinski definition) is 1. The lowest BCUT2D eigenvalue weighted by molar-refractivity contribution is -0.137. The van der Waals surface area contributed by atoms with Gasteiger partial charge in [-0.25, -0.2) is 13.6 Å². The van der Waals surface area contributed by atoms with E-state index in [4.69, 9.17) is 10.5 Å². The van der Waals surface area contributed by atoms with Gasteiger partial charge in [0.1, 0.15) is 28.5 Å². The fraction of sp³-hybridized carbons (Fsp3) is 0.355. The molecule has 4 aromatic rings. The molecule has 1 fully saturated rings. The Morgan fingerprint density at radius 3 is 2.49 bits per heavy atom. The number of thiophene rings is 1. The van der Waals surface area contributed by atoms with Gasteiger partial charge in [-0.1, -0.05) is 6.58 Å². The maximum absolute atomic E-state index is 15.9. The average molecular weight is 691 g/mol. The second kappa shape index (κ2) is 11.8. The fourth-order valence-electron chi connectivity index (χ4n) is 6.73. The smallest absolute Gasteiger partial charge is 0.389 e. The molecule has 47 heavy (non-hydrogen) atoms. The number of aromatic nitrogens is 2. The number of nitrogens with two attached hydrogens (primary N) is 1. The lowest BCUT2D eigenvalue weighted by Crippen LogP contribution is -2.58. The zero-order valence-corrected chi connectivity index (χ0v) is 26.9. The quantitative estimate of drug-likeness (QED) is 0.202. The van der Waals surface area contributed by atoms with Crippen LogP contribution in [0.4, 0.5) is 32.8 Å². The SMILES string of the molecule is C=CC(=O)N1[C@H](C)CN(c2nc(=O)n3c4c(c(-c5c(F)cc(F)c6sc(N)c(C#N)c56)c(C(F)(F)F)cc24)SCC3COC)C[C@@H]1C. The lowest BCUT2D eigenvalue weighted by atomic mass is 9.92. The zero-order valence-electron chi connectivity index (χ0n) is 25.2. The van der Waals surface area contributed by atoms with Crippen LogP contribution in [0.5, 0.6) is 0 Å². The molecule has 16 heteroatoms. The summed E-state index contributed by atoms with van der Waals surface area (Å²) in [4.78, 5) is 33.9. The molecule has 2 aliphatic heterocycles. The Balaban J connectivity index is 1.74. The molecule has 2 N–H and O–H groups in total. The number of thioether (sulfide) groups is 1. The van der Waals surface area contributed by atoms with Crippen LogP contribution < -0.4 is 16.3 Å². The molecule has 2 aromatic heterocycles. The largest absolute Gasteiger partial charge is 0.417 e. The van der Waals surface area contributed by atoms with E-state index in [0.29, 0.717) is 17.4 Å². The third-order valence-electron chi connectivity index (χ3n) is 8.50. The minimum Gasteiger partial charge on any atom is -0.389 e. The Kier molecular flexibility index (Phi) is 8.22. The Morgan fingerprint density at radius 1 is 1.21 bits per heavy atom. The van der Waals surface area contributed by atoms with Crippen LogP contribution in [0.3, 0.4) is 0 Å². The van der Waals surface area contributed by atoms with E-state index in [1.807, 2.05) is 0 Å². The van der Waals surface area contributed by atoms with Gasteiger partial charge in [0.2, 0.25) is 5.91 Å². The van der Waals surface area contributed by atoms with E-state index < -0.39 is 58.3 Å². The van der Waals surface area contributed by atoms with E-state index in [0.717, 1.165) is 17.8 Å². The molecule has 0 radical (unpaired) electrons. The molecule has 4 heterocycles. The summed E-state index contributed by atoms with van der Waals surface area (Å²) < 4.78 is 82.8. The highest BCUT2D eigenvalue weighted by molar-refractivity contribution is 7.99. The molecule has 1 amide bonds. The molecule has 246 valence electrons. The Bertz CT molecular complexity index is 2080. The van der Waals surface area contributed by atoms with Crippen LogP contribution in [0.1, 0.15) is 31.0 Å². The number of nitrogens with zero attached hydrogens (tertiary/aromatic N) is 5. The predicted octanol–water partition coefficient (Wildman–Crippen LogP) is 5.93. The number of carbonyl (C=O) groups is 1. The highest BCUT2D eigenvalue weighted by Crippen LogP contribution is 2.53. The Morgan fingerprint density at radius 2 is 1.89 bits per heavy atom. The van der Waals surface area contributed by atoms with Gasteiger partial charge < -0.3 is 20.3 Å². The van der Waals surface area contributed by atoms with Gasteiger partial charge in [-0.2, -0.15) is 23.4 Å². The van der Waals surface area contributed by atoms with Gasteiger partial charge in [-0.15, -0.1) is 23.1 Å². The van der Waals surface area contributed by atoms with E-state index in [-0.39, 0.29) is 73.6 Å². The molecule has 0 saturated carbocycles. The van der Waals surface area contributed by atoms with Crippen molar-refractivity contribution in [1.82, 2.24) is 14.5 Å². The van der Waals surface area contributed by atoms with Crippen LogP contribution >= 0.6 is 23.1 Å². The van der Waals surface area contributed by atoms with Crippen LogP contribution in [0.15, 0.2) is 34.5 Å². The van der Waals surface area contributed by atoms with Gasteiger partial charge >= 0.3 is 11.9 Å². The summed E-state index contributed by atoms with van der Waals surface area (Å²) in [6.07, 6.45) is -3.89. The lowest BCUT2D eigenvalue weighted by Gasteiger charge is -2.45. The first-order valence-corrected chi connectivity index (χ1v) is 16.2. The van der Waals surface area contributed by atoms with Gasteiger partial charge in [0, 0.05) is 70.9 Å². The highest BCUT2D eigenvalue weighted by Gasteiger charge is 2.42. The third-order valence-corrected chi connectivity index (χ3v) is 10.8. The van der Waals surface area contributed by atoms with Crippen molar-refractivity contribution in [2.45, 2.75) is 43.0 Å². The summed E-state index contributed by atoms with van der Waals surface area (Å²) in [7, 11) is 1.42. The number of ether oxygens (including phenoxy) is 1. The van der Waals surface area contributed by atoms with Crippen molar-refractivity contribution in [2.24, 2.45) is 0 Å². The number of halogens is 5. The van der Waals surface area contributed by atoms with E-state index in [9.17, 15) is 14.9 Å². The molecule has 2 aromatic carbocycles. The van der Waals surface area contributed by atoms with Gasteiger partial charge in [-0.3, -0.25) is 9.36 Å². The van der Waals surface area contributed by atoms with Crippen LogP contribution in [0.25, 0.3) is 32.1 Å². The molecule has 1 saturated heterocycles. The number of nitrogen functional groups attached to an aromatic ring is 1. The summed E-state index contributed by atoms with van der Waals surface area (Å²) in [5, 5.41) is 9.30. The Hall–Kier alpha value is -4.20. The number of nitriles is 1. The highest BCUT2D eigenvalue weighted by atomic mass is 32.2. The number of carbonyl (C=O) groups excluding carboxylic acids is 1. The van der Waals surface area contributed by atoms with Gasteiger partial charge in [0.15, 0.2) is 0 Å². The van der Waals surface area contributed by atoms with Crippen molar-refractivity contribution in [1.29, 1.82) is 5.26 Å². The van der Waals surface area contributed by atoms with Gasteiger partial charge in [0.25, 0.3) is 0 Å². The van der Waals surface area contributed by atoms with Gasteiger partial charge in [0.05, 0.1) is 34.0 Å². The molecule has 3 atom stereocenters. The second-order valence-corrected chi connectivity index (χ2v) is 13.5. The van der Waals surface area contributed by atoms with Crippen LogP contribution in [0.2, 0.25) is 0 Å². The van der Waals surface area contributed by atoms with Crippen molar-refractivity contribution in [3.05, 3.63) is 58.0 Å². The van der Waals surface area contributed by atoms with Crippen LogP contribution in [0, 0.1) is 23.0 Å². The molecule has 0 aliphatic carbocycles. The van der Waals surface area contributed by atoms with E-state index in [1.54, 1.807) is 29.7 Å². The number of piperazine rings is 1. The zero-order chi connectivity index (χ0) is 34.1. The van der Waals surface area contributed by atoms with Crippen molar-refractivity contribution in [3.63, 3.8) is 0 Å². The molecule has 0 spiro atoms. The number of methoxy groups -OCH3 is 1. The van der Waals surface area contributed by atoms with Crippen LogP contribution in [-0.2, 0) is 15.7 Å². The molecule has 6 rings (SSSR count). The minimum absolute atomic E-state index is 0.0176. The summed E-state index contributed by atoms with van der Waals surface area (Å²) in [6, 6.07) is 1.63. The van der Waals surface area contributed by atoms with Crippen molar-refractivity contribution in [3.8, 4) is 17.2 Å². The second-order valence-electron chi connectivity index (χ2n) is 11.5. The maximum Gasteiger partial charge on any atom is 0.417 e. The number of fused-ring (bicyclic) bond motifs is 1. The maximum atomic E-state index is 15.9. The Labute approximate surface area is 273 Å². The summed E-state index contributed by atoms with van der Waals surface area (Å²) >= 11 is 1.61. The molecular weight excluding hydrogens is 664 g/mol. The van der Waals surface area contributed by atoms with Crippen LogP contribution in [-0.4, -0.2) is 65.0 Å². The summed E-state index contributed by atoms with van der Waals surface area (Å²) in [5.41, 5.74) is 2.41. The normalized spacial score (nSPS) is 19.8. The molecule has 9 nitrogen and oxygen atoms in total. The van der Waals surface area contributed by atoms with E-state index in [2.05, 4.69) is 11.6 Å². The van der Waals surface area contributed by atoms with Crippen molar-refractivity contribution >= 4 is 60.8 Å². The first kappa shape index (κ1) is 32.7. The number of alkyl halides is 3. The van der Waals surface area contributed by atoms with E-state index >= 15 is 22.0 Å². The molecule has 0 bridgehead atoms. The topological polar surface area (TPSA) is 117 Å². The summed E-state index contributed by atoms with van der Waals surface area (Å²) in [6.45, 7) is 7.42. The fourth-order valence-corrected chi connectivity index (χ4v) is 8.97. The monoisotopic (exact) mass is 690 g/mol. The number of hydrogen-bond acceptors (Lipinski definition) is 9. The standard InChI is InChI=1S/C31H27F5N6O3S2/c1-5-21(43)41-13(2)9-40(10-14(41)3)29-16-6-18(31(34,35)36)23(27-25(16)42(30(44)39-29)15(11-45-4)12-46-27)24-19(32)7-20(33)26-22(24)17(8-37)28(38)47-26/h5-7,13-15H,1,9-12,38H2,2-4H3/t13-,14+,15?. The number of rotatable bonds is 5. The third kappa shape index (κ3) is 5.11. The first-order valence-electron chi connectivity index (χ1n) is 14.4. The predicted molar refractivity (Wildman–Crippen MR) is 171 cm³/mol. The summed E-state index contributed by atoms with van der Waals surface area (Å²) in [5.74, 6) is -2.65. The van der Waals surface area contributed by atoms with Crippen molar-refractivity contribution in [2.75, 3.05) is 43.2 Å². The van der Waals surface area contributed by atoms with E-state index in [1.165, 1.54) is 17.8 Å². The number of anilines is 2. The number of amides is 1. The van der Waals surface area contributed by atoms with Gasteiger partial charge in [-0.05, 0) is 26.0 Å². The molecule has 2 aliphatic rings. The molecular formula is C31H27F5N6O3S2. The average Bonchev–Trinajstić information content (AvgIpc) is 3.34. The minimum atomic E-state index is -5.07. The van der Waals surface area contributed by atoms with Crippen molar-refractivity contribution < 1.29 is 31.5 Å². The number of benzene rings is 2.